The fraction of sp³-hybridized carbons (Fsp3) is 0.167. The molecule has 1 aliphatic heterocycles. The molecule has 1 aliphatic rings. The van der Waals surface area contributed by atoms with E-state index in [4.69, 9.17) is 16.3 Å². The van der Waals surface area contributed by atoms with Crippen LogP contribution in [0.25, 0.3) is 0 Å². The molecule has 0 atom stereocenters. The first-order valence-corrected chi connectivity index (χ1v) is 10.9. The molecule has 4 rings (SSSR count). The summed E-state index contributed by atoms with van der Waals surface area (Å²) in [5, 5.41) is 5.88. The van der Waals surface area contributed by atoms with Crippen LogP contribution < -0.4 is 20.3 Å². The fourth-order valence-electron chi connectivity index (χ4n) is 3.42. The van der Waals surface area contributed by atoms with Crippen molar-refractivity contribution in [1.29, 1.82) is 0 Å². The highest BCUT2D eigenvalue weighted by atomic mass is 35.5. The van der Waals surface area contributed by atoms with Gasteiger partial charge in [-0.05, 0) is 24.3 Å². The minimum atomic E-state index is -3.20. The quantitative estimate of drug-likeness (QED) is 0.338. The summed E-state index contributed by atoms with van der Waals surface area (Å²) in [6.07, 6.45) is 7.85. The number of allylic oxidation sites excluding steroid dienone is 1. The maximum Gasteiger partial charge on any atom is 0.281 e. The number of rotatable bonds is 6. The van der Waals surface area contributed by atoms with E-state index in [-0.39, 0.29) is 28.9 Å². The van der Waals surface area contributed by atoms with E-state index in [9.17, 15) is 4.79 Å². The molecule has 180 valence electrons. The van der Waals surface area contributed by atoms with E-state index in [1.54, 1.807) is 35.2 Å². The number of nitrogens with one attached hydrogen (secondary N) is 2. The number of benzene rings is 1. The van der Waals surface area contributed by atoms with Crippen molar-refractivity contribution in [3.63, 3.8) is 0 Å². The summed E-state index contributed by atoms with van der Waals surface area (Å²) in [6, 6.07) is 6.49. The Morgan fingerprint density at radius 3 is 2.86 bits per heavy atom. The molecule has 3 aromatic rings. The number of nitrogens with zero attached hydrogens (tertiary/aromatic N) is 4. The lowest BCUT2D eigenvalue weighted by atomic mass is 10.0. The summed E-state index contributed by atoms with van der Waals surface area (Å²) < 4.78 is 35.3. The van der Waals surface area contributed by atoms with Gasteiger partial charge in [0.1, 0.15) is 11.6 Å². The molecule has 0 unspecified atom stereocenters. The van der Waals surface area contributed by atoms with Crippen molar-refractivity contribution in [2.75, 3.05) is 29.2 Å². The minimum Gasteiger partial charge on any atom is -0.495 e. The van der Waals surface area contributed by atoms with Gasteiger partial charge in [-0.1, -0.05) is 30.3 Å². The molecule has 0 aliphatic carbocycles. The zero-order chi connectivity index (χ0) is 25.0. The topological polar surface area (TPSA) is 92.3 Å². The molecular formula is C24H21ClF2N6O2. The number of aromatic nitrogens is 3. The molecule has 8 nitrogen and oxygen atoms in total. The molecule has 3 heterocycles. The Morgan fingerprint density at radius 2 is 2.09 bits per heavy atom. The number of alkyl halides is 2. The molecule has 2 N–H and O–H groups in total. The van der Waals surface area contributed by atoms with Crippen molar-refractivity contribution in [3.05, 3.63) is 78.2 Å². The molecule has 0 radical (unpaired) electrons. The van der Waals surface area contributed by atoms with Gasteiger partial charge in [0.2, 0.25) is 11.9 Å². The second kappa shape index (κ2) is 10.1. The van der Waals surface area contributed by atoms with Crippen LogP contribution in [0.5, 0.6) is 5.75 Å². The summed E-state index contributed by atoms with van der Waals surface area (Å²) in [4.78, 5) is 26.0. The molecule has 2 aromatic heterocycles. The first kappa shape index (κ1) is 24.1. The Bertz CT molecular complexity index is 1300. The van der Waals surface area contributed by atoms with E-state index < -0.39 is 18.3 Å². The Kier molecular flexibility index (Phi) is 6.92. The van der Waals surface area contributed by atoms with E-state index in [1.165, 1.54) is 25.6 Å². The van der Waals surface area contributed by atoms with Crippen LogP contribution in [-0.4, -0.2) is 34.5 Å². The summed E-state index contributed by atoms with van der Waals surface area (Å²) in [5.41, 5.74) is 0.991. The van der Waals surface area contributed by atoms with E-state index in [2.05, 4.69) is 32.2 Å². The van der Waals surface area contributed by atoms with Gasteiger partial charge in [0.15, 0.2) is 0 Å². The van der Waals surface area contributed by atoms with Gasteiger partial charge in [0.25, 0.3) is 5.92 Å². The van der Waals surface area contributed by atoms with Crippen LogP contribution in [0, 0.1) is 0 Å². The highest BCUT2D eigenvalue weighted by Crippen LogP contribution is 2.42. The van der Waals surface area contributed by atoms with Gasteiger partial charge >= 0.3 is 0 Å². The van der Waals surface area contributed by atoms with Crippen molar-refractivity contribution < 1.29 is 18.3 Å². The van der Waals surface area contributed by atoms with Crippen molar-refractivity contribution in [2.24, 2.45) is 0 Å². The van der Waals surface area contributed by atoms with Crippen molar-refractivity contribution >= 4 is 46.3 Å². The second-order valence-corrected chi connectivity index (χ2v) is 7.92. The lowest BCUT2D eigenvalue weighted by Crippen LogP contribution is -2.27. The molecule has 1 aromatic carbocycles. The standard InChI is InChI=1S/C24H21ClF2N6O2/c1-3-21(34)31-20-11-16(6-7-19(20)25)33-9-5-4-8-24(26,27)18-14-29-23(32-22(18)33)30-15-10-17(35-2)13-28-12-15/h3-7,10-14H,1,8-9H2,2H3,(H,31,34)(H,29,30,32). The lowest BCUT2D eigenvalue weighted by molar-refractivity contribution is -0.111. The second-order valence-electron chi connectivity index (χ2n) is 7.52. The predicted octanol–water partition coefficient (Wildman–Crippen LogP) is 5.59. The Labute approximate surface area is 205 Å². The molecule has 0 fully saturated rings. The van der Waals surface area contributed by atoms with Crippen LogP contribution >= 0.6 is 11.6 Å². The van der Waals surface area contributed by atoms with E-state index in [0.29, 0.717) is 22.8 Å². The number of carbonyl (C=O) groups excluding carboxylic acids is 1. The van der Waals surface area contributed by atoms with Gasteiger partial charge in [-0.25, -0.2) is 13.8 Å². The number of pyridine rings is 1. The van der Waals surface area contributed by atoms with Gasteiger partial charge in [-0.2, -0.15) is 4.98 Å². The molecule has 0 saturated heterocycles. The lowest BCUT2D eigenvalue weighted by Gasteiger charge is -2.29. The number of hydrogen-bond donors (Lipinski definition) is 2. The molecule has 1 amide bonds. The minimum absolute atomic E-state index is 0.0102. The molecule has 35 heavy (non-hydrogen) atoms. The van der Waals surface area contributed by atoms with E-state index >= 15 is 8.78 Å². The number of methoxy groups -OCH3 is 1. The highest BCUT2D eigenvalue weighted by Gasteiger charge is 2.37. The maximum atomic E-state index is 15.1. The van der Waals surface area contributed by atoms with Crippen LogP contribution in [0.2, 0.25) is 5.02 Å². The normalized spacial score (nSPS) is 14.3. The molecule has 0 saturated carbocycles. The molecular weight excluding hydrogens is 478 g/mol. The average Bonchev–Trinajstić information content (AvgIpc) is 2.84. The number of hydrogen-bond acceptors (Lipinski definition) is 7. The van der Waals surface area contributed by atoms with Crippen LogP contribution in [0.1, 0.15) is 12.0 Å². The number of amides is 1. The summed E-state index contributed by atoms with van der Waals surface area (Å²) >= 11 is 6.23. The largest absolute Gasteiger partial charge is 0.495 e. The SMILES string of the molecule is C=CC(=O)Nc1cc(N2CC=CCC(F)(F)c3cnc(Nc4cncc(OC)c4)nc32)ccc1Cl. The predicted molar refractivity (Wildman–Crippen MR) is 131 cm³/mol. The van der Waals surface area contributed by atoms with E-state index in [0.717, 1.165) is 12.3 Å². The third kappa shape index (κ3) is 5.38. The summed E-state index contributed by atoms with van der Waals surface area (Å²) in [5.74, 6) is -3.04. The Morgan fingerprint density at radius 1 is 1.26 bits per heavy atom. The summed E-state index contributed by atoms with van der Waals surface area (Å²) in [7, 11) is 1.51. The van der Waals surface area contributed by atoms with Gasteiger partial charge in [-0.15, -0.1) is 0 Å². The third-order valence-corrected chi connectivity index (χ3v) is 5.49. The van der Waals surface area contributed by atoms with Gasteiger partial charge in [-0.3, -0.25) is 9.78 Å². The highest BCUT2D eigenvalue weighted by molar-refractivity contribution is 6.34. The molecule has 0 spiro atoms. The monoisotopic (exact) mass is 498 g/mol. The van der Waals surface area contributed by atoms with Crippen molar-refractivity contribution in [1.82, 2.24) is 15.0 Å². The number of fused-ring (bicyclic) bond motifs is 1. The zero-order valence-corrected chi connectivity index (χ0v) is 19.4. The van der Waals surface area contributed by atoms with Crippen LogP contribution in [0.4, 0.5) is 37.6 Å². The maximum absolute atomic E-state index is 15.1. The smallest absolute Gasteiger partial charge is 0.281 e. The van der Waals surface area contributed by atoms with E-state index in [1.807, 2.05) is 0 Å². The van der Waals surface area contributed by atoms with Crippen LogP contribution in [0.3, 0.4) is 0 Å². The Hall–Kier alpha value is -4.05. The van der Waals surface area contributed by atoms with Crippen LogP contribution in [-0.2, 0) is 10.7 Å². The fourth-order valence-corrected chi connectivity index (χ4v) is 3.59. The van der Waals surface area contributed by atoms with Gasteiger partial charge in [0, 0.05) is 30.9 Å². The Balaban J connectivity index is 1.79. The number of ether oxygens (including phenoxy) is 1. The first-order valence-electron chi connectivity index (χ1n) is 10.5. The average molecular weight is 499 g/mol. The van der Waals surface area contributed by atoms with Gasteiger partial charge in [0.05, 0.1) is 41.5 Å². The molecule has 0 bridgehead atoms. The van der Waals surface area contributed by atoms with Gasteiger partial charge < -0.3 is 20.3 Å². The molecule has 11 heteroatoms. The summed E-state index contributed by atoms with van der Waals surface area (Å²) in [6.45, 7) is 3.67. The third-order valence-electron chi connectivity index (χ3n) is 5.16. The first-order chi connectivity index (χ1) is 16.8. The van der Waals surface area contributed by atoms with Crippen molar-refractivity contribution in [2.45, 2.75) is 12.3 Å². The number of carbonyl (C=O) groups is 1. The number of halogens is 3. The van der Waals surface area contributed by atoms with Crippen molar-refractivity contribution in [3.8, 4) is 5.75 Å². The number of anilines is 5. The zero-order valence-electron chi connectivity index (χ0n) is 18.6. The van der Waals surface area contributed by atoms with Crippen LogP contribution in [0.15, 0.2) is 67.7 Å².